The molecule has 0 unspecified atom stereocenters. The third kappa shape index (κ3) is 5.23. The van der Waals surface area contributed by atoms with Gasteiger partial charge < -0.3 is 9.30 Å². The lowest BCUT2D eigenvalue weighted by Crippen LogP contribution is -2.54. The zero-order valence-corrected chi connectivity index (χ0v) is 21.0. The number of imide groups is 2. The van der Waals surface area contributed by atoms with Crippen LogP contribution in [0.15, 0.2) is 84.6 Å². The molecule has 0 spiro atoms. The Bertz CT molecular complexity index is 1530. The second-order valence-electron chi connectivity index (χ2n) is 8.39. The van der Waals surface area contributed by atoms with Crippen molar-refractivity contribution in [1.82, 2.24) is 9.88 Å². The maximum Gasteiger partial charge on any atom is 0.335 e. The number of amides is 4. The molecule has 5 rings (SSSR count). The Labute approximate surface area is 222 Å². The van der Waals surface area contributed by atoms with Crippen molar-refractivity contribution < 1.29 is 19.1 Å². The molecule has 37 heavy (non-hydrogen) atoms. The molecule has 1 aliphatic heterocycles. The van der Waals surface area contributed by atoms with E-state index in [1.54, 1.807) is 36.4 Å². The van der Waals surface area contributed by atoms with E-state index in [4.69, 9.17) is 27.9 Å². The highest BCUT2D eigenvalue weighted by Crippen LogP contribution is 2.27. The van der Waals surface area contributed by atoms with E-state index in [9.17, 15) is 14.4 Å². The van der Waals surface area contributed by atoms with Crippen molar-refractivity contribution >= 4 is 63.7 Å². The lowest BCUT2D eigenvalue weighted by atomic mass is 10.1. The number of fused-ring (bicyclic) bond motifs is 1. The Hall–Kier alpha value is -4.07. The first-order valence-electron chi connectivity index (χ1n) is 11.5. The Kier molecular flexibility index (Phi) is 6.99. The lowest BCUT2D eigenvalue weighted by Gasteiger charge is -2.26. The predicted octanol–water partition coefficient (Wildman–Crippen LogP) is 6.08. The SMILES string of the molecule is O=C1NC(=O)N(c2ccc(Cl)cc2)C(=O)/C1=C/c1cn(CCCOc2ccc(Cl)cc2)c2ccccc12. The molecule has 4 aromatic rings. The summed E-state index contributed by atoms with van der Waals surface area (Å²) in [5, 5.41) is 4.25. The summed E-state index contributed by atoms with van der Waals surface area (Å²) in [6, 6.07) is 20.4. The molecule has 0 bridgehead atoms. The Balaban J connectivity index is 1.39. The van der Waals surface area contributed by atoms with Crippen LogP contribution >= 0.6 is 23.2 Å². The van der Waals surface area contributed by atoms with Crippen LogP contribution in [-0.4, -0.2) is 29.0 Å². The molecule has 4 amide bonds. The number of halogens is 2. The number of anilines is 1. The highest BCUT2D eigenvalue weighted by Gasteiger charge is 2.37. The molecule has 0 radical (unpaired) electrons. The largest absolute Gasteiger partial charge is 0.494 e. The van der Waals surface area contributed by atoms with Crippen LogP contribution in [-0.2, 0) is 16.1 Å². The van der Waals surface area contributed by atoms with Gasteiger partial charge in [-0.05, 0) is 67.1 Å². The average Bonchev–Trinajstić information content (AvgIpc) is 3.24. The van der Waals surface area contributed by atoms with Gasteiger partial charge in [0.1, 0.15) is 11.3 Å². The number of aryl methyl sites for hydroxylation is 1. The summed E-state index contributed by atoms with van der Waals surface area (Å²) in [6.07, 6.45) is 4.15. The molecule has 186 valence electrons. The third-order valence-electron chi connectivity index (χ3n) is 5.93. The molecular formula is C28H21Cl2N3O4. The molecule has 0 atom stereocenters. The zero-order valence-electron chi connectivity index (χ0n) is 19.5. The van der Waals surface area contributed by atoms with Gasteiger partial charge in [0.2, 0.25) is 0 Å². The van der Waals surface area contributed by atoms with Crippen LogP contribution in [0.3, 0.4) is 0 Å². The number of ether oxygens (including phenoxy) is 1. The van der Waals surface area contributed by atoms with Crippen molar-refractivity contribution in [3.8, 4) is 5.75 Å². The van der Waals surface area contributed by atoms with E-state index in [0.29, 0.717) is 34.4 Å². The monoisotopic (exact) mass is 533 g/mol. The van der Waals surface area contributed by atoms with E-state index < -0.39 is 17.8 Å². The summed E-state index contributed by atoms with van der Waals surface area (Å²) in [5.41, 5.74) is 1.82. The van der Waals surface area contributed by atoms with Crippen LogP contribution in [0.2, 0.25) is 10.0 Å². The number of benzene rings is 3. The third-order valence-corrected chi connectivity index (χ3v) is 6.44. The van der Waals surface area contributed by atoms with Crippen molar-refractivity contribution in [3.63, 3.8) is 0 Å². The van der Waals surface area contributed by atoms with Gasteiger partial charge in [0.05, 0.1) is 12.3 Å². The van der Waals surface area contributed by atoms with E-state index in [-0.39, 0.29) is 5.57 Å². The normalized spacial score (nSPS) is 14.9. The number of nitrogens with zero attached hydrogens (tertiary/aromatic N) is 2. The van der Waals surface area contributed by atoms with Gasteiger partial charge in [-0.15, -0.1) is 0 Å². The molecule has 3 aromatic carbocycles. The van der Waals surface area contributed by atoms with Crippen LogP contribution in [0.25, 0.3) is 17.0 Å². The van der Waals surface area contributed by atoms with Gasteiger partial charge >= 0.3 is 6.03 Å². The van der Waals surface area contributed by atoms with E-state index in [1.807, 2.05) is 42.6 Å². The van der Waals surface area contributed by atoms with Gasteiger partial charge in [0.15, 0.2) is 0 Å². The summed E-state index contributed by atoms with van der Waals surface area (Å²) in [6.45, 7) is 1.16. The molecule has 0 aliphatic carbocycles. The Morgan fingerprint density at radius 3 is 2.27 bits per heavy atom. The maximum absolute atomic E-state index is 13.3. The van der Waals surface area contributed by atoms with Crippen molar-refractivity contribution in [2.45, 2.75) is 13.0 Å². The molecule has 1 aromatic heterocycles. The first-order chi connectivity index (χ1) is 17.9. The Morgan fingerprint density at radius 1 is 0.865 bits per heavy atom. The van der Waals surface area contributed by atoms with Crippen molar-refractivity contribution in [2.24, 2.45) is 0 Å². The van der Waals surface area contributed by atoms with E-state index in [2.05, 4.69) is 9.88 Å². The molecule has 1 fully saturated rings. The number of carbonyl (C=O) groups excluding carboxylic acids is 3. The fraction of sp³-hybridized carbons (Fsp3) is 0.107. The number of barbiturate groups is 1. The lowest BCUT2D eigenvalue weighted by molar-refractivity contribution is -0.122. The first-order valence-corrected chi connectivity index (χ1v) is 12.3. The molecule has 1 N–H and O–H groups in total. The van der Waals surface area contributed by atoms with E-state index in [1.165, 1.54) is 6.08 Å². The van der Waals surface area contributed by atoms with Gasteiger partial charge in [0.25, 0.3) is 11.8 Å². The minimum Gasteiger partial charge on any atom is -0.494 e. The molecule has 9 heteroatoms. The topological polar surface area (TPSA) is 80.6 Å². The summed E-state index contributed by atoms with van der Waals surface area (Å²) in [4.78, 5) is 39.3. The maximum atomic E-state index is 13.3. The number of urea groups is 1. The second kappa shape index (κ2) is 10.5. The van der Waals surface area contributed by atoms with Crippen LogP contribution in [0.4, 0.5) is 10.5 Å². The molecular weight excluding hydrogens is 513 g/mol. The van der Waals surface area contributed by atoms with Crippen molar-refractivity contribution in [3.05, 3.63) is 100 Å². The fourth-order valence-electron chi connectivity index (χ4n) is 4.17. The fourth-order valence-corrected chi connectivity index (χ4v) is 4.42. The number of hydrogen-bond acceptors (Lipinski definition) is 4. The first kappa shape index (κ1) is 24.6. The molecule has 0 saturated carbocycles. The number of rotatable bonds is 7. The van der Waals surface area contributed by atoms with E-state index in [0.717, 1.165) is 28.0 Å². The van der Waals surface area contributed by atoms with Crippen LogP contribution < -0.4 is 15.0 Å². The smallest absolute Gasteiger partial charge is 0.335 e. The van der Waals surface area contributed by atoms with Crippen LogP contribution in [0, 0.1) is 0 Å². The number of carbonyl (C=O) groups is 3. The number of hydrogen-bond donors (Lipinski definition) is 1. The predicted molar refractivity (Wildman–Crippen MR) is 144 cm³/mol. The quantitative estimate of drug-likeness (QED) is 0.177. The zero-order chi connectivity index (χ0) is 25.9. The number of nitrogens with one attached hydrogen (secondary N) is 1. The van der Waals surface area contributed by atoms with Crippen LogP contribution in [0.1, 0.15) is 12.0 Å². The van der Waals surface area contributed by atoms with Gasteiger partial charge in [-0.2, -0.15) is 0 Å². The summed E-state index contributed by atoms with van der Waals surface area (Å²) >= 11 is 11.9. The van der Waals surface area contributed by atoms with Gasteiger partial charge in [-0.1, -0.05) is 41.4 Å². The number of para-hydroxylation sites is 1. The minimum absolute atomic E-state index is 0.136. The van der Waals surface area contributed by atoms with Crippen molar-refractivity contribution in [2.75, 3.05) is 11.5 Å². The molecule has 2 heterocycles. The van der Waals surface area contributed by atoms with Crippen molar-refractivity contribution in [1.29, 1.82) is 0 Å². The van der Waals surface area contributed by atoms with Gasteiger partial charge in [0, 0.05) is 39.3 Å². The van der Waals surface area contributed by atoms with Gasteiger partial charge in [-0.3, -0.25) is 14.9 Å². The van der Waals surface area contributed by atoms with E-state index >= 15 is 0 Å². The van der Waals surface area contributed by atoms with Crippen LogP contribution in [0.5, 0.6) is 5.75 Å². The average molecular weight is 534 g/mol. The second-order valence-corrected chi connectivity index (χ2v) is 9.26. The van der Waals surface area contributed by atoms with Gasteiger partial charge in [-0.25, -0.2) is 9.69 Å². The highest BCUT2D eigenvalue weighted by atomic mass is 35.5. The molecule has 1 aliphatic rings. The Morgan fingerprint density at radius 2 is 1.54 bits per heavy atom. The highest BCUT2D eigenvalue weighted by molar-refractivity contribution is 6.39. The summed E-state index contributed by atoms with van der Waals surface area (Å²) in [5.74, 6) is -0.702. The standard InChI is InChI=1S/C28H21Cl2N3O4/c29-19-6-10-21(11-7-19)33-27(35)24(26(34)31-28(33)36)16-18-17-32(25-5-2-1-4-23(18)25)14-3-15-37-22-12-8-20(30)9-13-22/h1-2,4-13,16-17H,3,14-15H2,(H,31,34,36)/b24-16+. The summed E-state index contributed by atoms with van der Waals surface area (Å²) in [7, 11) is 0. The summed E-state index contributed by atoms with van der Waals surface area (Å²) < 4.78 is 7.85. The minimum atomic E-state index is -0.808. The molecule has 1 saturated heterocycles. The number of aromatic nitrogens is 1. The molecule has 7 nitrogen and oxygen atoms in total.